The molecule has 0 fully saturated rings. The molecule has 0 aromatic heterocycles. The standard InChI is InChI=1S/C6H14O6.C6H14O2/c7-1-3(9)5(11)6(12)4(10)2-8;7-5-3-1-2-4-6-8/h3-12H,1-2H2;7-8H,1-6H2/t3-,4+,5-,6-;/m1./s1. The van der Waals surface area contributed by atoms with Crippen molar-refractivity contribution in [2.75, 3.05) is 26.4 Å². The lowest BCUT2D eigenvalue weighted by molar-refractivity contribution is -0.123. The molecule has 0 aromatic rings. The molecule has 0 amide bonds. The molecule has 0 radical (unpaired) electrons. The van der Waals surface area contributed by atoms with E-state index in [0.717, 1.165) is 25.7 Å². The summed E-state index contributed by atoms with van der Waals surface area (Å²) in [5.74, 6) is 0. The number of hydrogen-bond donors (Lipinski definition) is 8. The van der Waals surface area contributed by atoms with E-state index in [1.807, 2.05) is 0 Å². The molecule has 8 N–H and O–H groups in total. The zero-order valence-electron chi connectivity index (χ0n) is 11.5. The molecular weight excluding hydrogens is 272 g/mol. The lowest BCUT2D eigenvalue weighted by Gasteiger charge is -2.24. The van der Waals surface area contributed by atoms with E-state index in [1.165, 1.54) is 0 Å². The normalized spacial score (nSPS) is 16.8. The van der Waals surface area contributed by atoms with Gasteiger partial charge in [-0.1, -0.05) is 12.8 Å². The van der Waals surface area contributed by atoms with Crippen LogP contribution in [0.2, 0.25) is 0 Å². The van der Waals surface area contributed by atoms with Crippen LogP contribution in [0.15, 0.2) is 0 Å². The third kappa shape index (κ3) is 11.5. The Morgan fingerprint density at radius 3 is 1.00 bits per heavy atom. The van der Waals surface area contributed by atoms with Gasteiger partial charge in [0, 0.05) is 13.2 Å². The molecule has 0 aliphatic heterocycles. The molecule has 0 unspecified atom stereocenters. The Labute approximate surface area is 118 Å². The predicted molar refractivity (Wildman–Crippen MR) is 70.8 cm³/mol. The fourth-order valence-corrected chi connectivity index (χ4v) is 1.25. The molecule has 0 saturated carbocycles. The van der Waals surface area contributed by atoms with Crippen LogP contribution in [0.25, 0.3) is 0 Å². The van der Waals surface area contributed by atoms with Crippen molar-refractivity contribution in [1.82, 2.24) is 0 Å². The number of aliphatic hydroxyl groups is 8. The smallest absolute Gasteiger partial charge is 0.111 e. The largest absolute Gasteiger partial charge is 0.396 e. The summed E-state index contributed by atoms with van der Waals surface area (Å²) in [7, 11) is 0. The van der Waals surface area contributed by atoms with Crippen molar-refractivity contribution in [2.24, 2.45) is 0 Å². The summed E-state index contributed by atoms with van der Waals surface area (Å²) in [4.78, 5) is 0. The van der Waals surface area contributed by atoms with Gasteiger partial charge >= 0.3 is 0 Å². The Morgan fingerprint density at radius 2 is 0.800 bits per heavy atom. The van der Waals surface area contributed by atoms with Gasteiger partial charge in [-0.3, -0.25) is 0 Å². The second kappa shape index (κ2) is 15.1. The van der Waals surface area contributed by atoms with Gasteiger partial charge in [0.05, 0.1) is 13.2 Å². The molecule has 0 rings (SSSR count). The minimum atomic E-state index is -1.67. The van der Waals surface area contributed by atoms with Crippen molar-refractivity contribution < 1.29 is 40.9 Å². The van der Waals surface area contributed by atoms with E-state index in [4.69, 9.17) is 40.9 Å². The summed E-state index contributed by atoms with van der Waals surface area (Å²) in [5.41, 5.74) is 0. The van der Waals surface area contributed by atoms with Crippen molar-refractivity contribution in [3.63, 3.8) is 0 Å². The lowest BCUT2D eigenvalue weighted by Crippen LogP contribution is -2.46. The minimum Gasteiger partial charge on any atom is -0.396 e. The zero-order chi connectivity index (χ0) is 16.0. The first-order valence-electron chi connectivity index (χ1n) is 6.61. The molecule has 8 nitrogen and oxygen atoms in total. The van der Waals surface area contributed by atoms with Crippen LogP contribution in [0.1, 0.15) is 25.7 Å². The topological polar surface area (TPSA) is 162 Å². The monoisotopic (exact) mass is 300 g/mol. The Morgan fingerprint density at radius 1 is 0.500 bits per heavy atom. The second-order valence-corrected chi connectivity index (χ2v) is 4.34. The van der Waals surface area contributed by atoms with E-state index in [0.29, 0.717) is 0 Å². The average Bonchev–Trinajstić information content (AvgIpc) is 2.49. The van der Waals surface area contributed by atoms with Crippen molar-refractivity contribution in [1.29, 1.82) is 0 Å². The van der Waals surface area contributed by atoms with Crippen molar-refractivity contribution in [3.8, 4) is 0 Å². The summed E-state index contributed by atoms with van der Waals surface area (Å²) in [6.07, 6.45) is -2.56. The summed E-state index contributed by atoms with van der Waals surface area (Å²) >= 11 is 0. The molecule has 0 aliphatic rings. The highest BCUT2D eigenvalue weighted by atomic mass is 16.4. The highest BCUT2D eigenvalue weighted by Gasteiger charge is 2.29. The maximum Gasteiger partial charge on any atom is 0.111 e. The fourth-order valence-electron chi connectivity index (χ4n) is 1.25. The Hall–Kier alpha value is -0.320. The molecule has 4 atom stereocenters. The van der Waals surface area contributed by atoms with Crippen molar-refractivity contribution in [3.05, 3.63) is 0 Å². The van der Waals surface area contributed by atoms with E-state index in [2.05, 4.69) is 0 Å². The van der Waals surface area contributed by atoms with Gasteiger partial charge in [0.2, 0.25) is 0 Å². The number of rotatable bonds is 10. The molecule has 0 aliphatic carbocycles. The van der Waals surface area contributed by atoms with Crippen LogP contribution in [0.3, 0.4) is 0 Å². The highest BCUT2D eigenvalue weighted by Crippen LogP contribution is 2.04. The van der Waals surface area contributed by atoms with Crippen LogP contribution in [-0.2, 0) is 0 Å². The fraction of sp³-hybridized carbons (Fsp3) is 1.00. The van der Waals surface area contributed by atoms with Gasteiger partial charge in [0.15, 0.2) is 0 Å². The first-order valence-corrected chi connectivity index (χ1v) is 6.61. The third-order valence-corrected chi connectivity index (χ3v) is 2.58. The van der Waals surface area contributed by atoms with Gasteiger partial charge in [0.1, 0.15) is 24.4 Å². The van der Waals surface area contributed by atoms with Gasteiger partial charge in [0.25, 0.3) is 0 Å². The predicted octanol–water partition coefficient (Wildman–Crippen LogP) is -3.05. The summed E-state index contributed by atoms with van der Waals surface area (Å²) in [6.45, 7) is -0.885. The van der Waals surface area contributed by atoms with E-state index in [-0.39, 0.29) is 13.2 Å². The van der Waals surface area contributed by atoms with E-state index in [9.17, 15) is 0 Å². The first-order chi connectivity index (χ1) is 9.45. The van der Waals surface area contributed by atoms with Crippen molar-refractivity contribution in [2.45, 2.75) is 50.1 Å². The number of hydrogen-bond acceptors (Lipinski definition) is 8. The SMILES string of the molecule is OCCCCCCO.OC[C@@H](O)[C@@H](O)[C@H](O)[C@@H](O)CO. The summed E-state index contributed by atoms with van der Waals surface area (Å²) in [6, 6.07) is 0. The number of unbranched alkanes of at least 4 members (excludes halogenated alkanes) is 3. The van der Waals surface area contributed by atoms with Crippen LogP contribution in [0.5, 0.6) is 0 Å². The molecule has 0 saturated heterocycles. The van der Waals surface area contributed by atoms with Crippen LogP contribution in [0.4, 0.5) is 0 Å². The number of aliphatic hydroxyl groups excluding tert-OH is 8. The van der Waals surface area contributed by atoms with Crippen LogP contribution in [-0.4, -0.2) is 91.7 Å². The van der Waals surface area contributed by atoms with Gasteiger partial charge in [-0.2, -0.15) is 0 Å². The summed E-state index contributed by atoms with van der Waals surface area (Å²) < 4.78 is 0. The molecular formula is C12H28O8. The Kier molecular flexibility index (Phi) is 16.6. The van der Waals surface area contributed by atoms with Gasteiger partial charge < -0.3 is 40.9 Å². The van der Waals surface area contributed by atoms with E-state index < -0.39 is 37.6 Å². The lowest BCUT2D eigenvalue weighted by atomic mass is 10.0. The van der Waals surface area contributed by atoms with E-state index in [1.54, 1.807) is 0 Å². The Balaban J connectivity index is 0. The molecule has 0 spiro atoms. The first kappa shape index (κ1) is 22.0. The average molecular weight is 300 g/mol. The highest BCUT2D eigenvalue weighted by molar-refractivity contribution is 4.79. The van der Waals surface area contributed by atoms with Gasteiger partial charge in [-0.05, 0) is 12.8 Å². The molecule has 20 heavy (non-hydrogen) atoms. The van der Waals surface area contributed by atoms with Crippen molar-refractivity contribution >= 4 is 0 Å². The molecule has 0 bridgehead atoms. The van der Waals surface area contributed by atoms with Gasteiger partial charge in [-0.15, -0.1) is 0 Å². The van der Waals surface area contributed by atoms with E-state index >= 15 is 0 Å². The maximum atomic E-state index is 8.96. The Bertz CT molecular complexity index is 172. The molecule has 0 aromatic carbocycles. The second-order valence-electron chi connectivity index (χ2n) is 4.34. The van der Waals surface area contributed by atoms with Gasteiger partial charge in [-0.25, -0.2) is 0 Å². The molecule has 124 valence electrons. The minimum absolute atomic E-state index is 0.283. The quantitative estimate of drug-likeness (QED) is 0.197. The van der Waals surface area contributed by atoms with Crippen LogP contribution in [0, 0.1) is 0 Å². The molecule has 8 heteroatoms. The summed E-state index contributed by atoms with van der Waals surface area (Å²) in [5, 5.41) is 68.8. The molecule has 0 heterocycles. The maximum absolute atomic E-state index is 8.96. The van der Waals surface area contributed by atoms with Crippen LogP contribution < -0.4 is 0 Å². The zero-order valence-corrected chi connectivity index (χ0v) is 11.5. The van der Waals surface area contributed by atoms with Crippen LogP contribution >= 0.6 is 0 Å². The third-order valence-electron chi connectivity index (χ3n) is 2.58.